The first-order valence-electron chi connectivity index (χ1n) is 6.72. The van der Waals surface area contributed by atoms with E-state index in [-0.39, 0.29) is 5.91 Å². The van der Waals surface area contributed by atoms with E-state index < -0.39 is 0 Å². The molecule has 0 radical (unpaired) electrons. The van der Waals surface area contributed by atoms with E-state index in [1.807, 2.05) is 49.4 Å². The van der Waals surface area contributed by atoms with Gasteiger partial charge in [0.05, 0.1) is 10.6 Å². The third kappa shape index (κ3) is 3.40. The molecule has 0 aromatic heterocycles. The number of thioether (sulfide) groups is 1. The zero-order valence-electron chi connectivity index (χ0n) is 11.8. The second-order valence-electron chi connectivity index (χ2n) is 4.81. The Morgan fingerprint density at radius 2 is 1.86 bits per heavy atom. The summed E-state index contributed by atoms with van der Waals surface area (Å²) >= 11 is 7.19. The van der Waals surface area contributed by atoms with Crippen molar-refractivity contribution >= 4 is 46.2 Å². The van der Waals surface area contributed by atoms with Gasteiger partial charge in [0.15, 0.2) is 5.17 Å². The van der Waals surface area contributed by atoms with Crippen molar-refractivity contribution in [1.82, 2.24) is 5.32 Å². The van der Waals surface area contributed by atoms with Crippen LogP contribution in [0.15, 0.2) is 58.4 Å². The summed E-state index contributed by atoms with van der Waals surface area (Å²) in [7, 11) is 0. The molecule has 0 unspecified atom stereocenters. The van der Waals surface area contributed by atoms with Gasteiger partial charge in [0.2, 0.25) is 0 Å². The molecule has 0 aliphatic carbocycles. The second-order valence-corrected chi connectivity index (χ2v) is 6.28. The summed E-state index contributed by atoms with van der Waals surface area (Å²) in [5.41, 5.74) is 2.92. The fraction of sp³-hybridized carbons (Fsp3) is 0.0588. The molecule has 1 heterocycles. The molecule has 1 N–H and O–H groups in total. The van der Waals surface area contributed by atoms with Crippen molar-refractivity contribution in [3.05, 3.63) is 69.6 Å². The second kappa shape index (κ2) is 6.38. The Balaban J connectivity index is 1.84. The monoisotopic (exact) mass is 328 g/mol. The molecular formula is C17H13ClN2OS. The van der Waals surface area contributed by atoms with Gasteiger partial charge in [-0.1, -0.05) is 35.9 Å². The number of halogens is 1. The highest BCUT2D eigenvalue weighted by Gasteiger charge is 2.23. The fourth-order valence-electron chi connectivity index (χ4n) is 2.00. The molecule has 2 aromatic carbocycles. The van der Waals surface area contributed by atoms with Crippen LogP contribution >= 0.6 is 23.4 Å². The van der Waals surface area contributed by atoms with Crippen molar-refractivity contribution in [3.63, 3.8) is 0 Å². The number of amides is 1. The number of hydrogen-bond acceptors (Lipinski definition) is 3. The molecule has 1 aliphatic heterocycles. The average Bonchev–Trinajstić information content (AvgIpc) is 2.84. The first-order chi connectivity index (χ1) is 10.6. The molecule has 0 atom stereocenters. The summed E-state index contributed by atoms with van der Waals surface area (Å²) in [5, 5.41) is 4.02. The minimum atomic E-state index is -0.124. The summed E-state index contributed by atoms with van der Waals surface area (Å²) in [6.45, 7) is 2.02. The third-order valence-corrected chi connectivity index (χ3v) is 4.35. The van der Waals surface area contributed by atoms with Crippen LogP contribution in [-0.2, 0) is 4.79 Å². The first-order valence-corrected chi connectivity index (χ1v) is 7.92. The molecule has 5 heteroatoms. The summed E-state index contributed by atoms with van der Waals surface area (Å²) in [6, 6.07) is 15.1. The van der Waals surface area contributed by atoms with E-state index >= 15 is 0 Å². The Labute approximate surface area is 138 Å². The summed E-state index contributed by atoms with van der Waals surface area (Å²) in [5.74, 6) is -0.124. The largest absolute Gasteiger partial charge is 0.300 e. The molecule has 0 bridgehead atoms. The lowest BCUT2D eigenvalue weighted by Crippen LogP contribution is -2.19. The maximum Gasteiger partial charge on any atom is 0.264 e. The molecule has 110 valence electrons. The van der Waals surface area contributed by atoms with Crippen LogP contribution in [0.2, 0.25) is 5.02 Å². The van der Waals surface area contributed by atoms with Gasteiger partial charge in [-0.05, 0) is 60.2 Å². The molecule has 3 nitrogen and oxygen atoms in total. The molecule has 1 saturated heterocycles. The smallest absolute Gasteiger partial charge is 0.264 e. The summed E-state index contributed by atoms with van der Waals surface area (Å²) in [4.78, 5) is 17.1. The molecule has 2 aromatic rings. The van der Waals surface area contributed by atoms with Gasteiger partial charge in [0, 0.05) is 5.02 Å². The zero-order valence-corrected chi connectivity index (χ0v) is 13.4. The van der Waals surface area contributed by atoms with E-state index in [2.05, 4.69) is 10.3 Å². The van der Waals surface area contributed by atoms with Gasteiger partial charge in [0.1, 0.15) is 0 Å². The van der Waals surface area contributed by atoms with E-state index in [0.717, 1.165) is 16.8 Å². The minimum Gasteiger partial charge on any atom is -0.300 e. The van der Waals surface area contributed by atoms with E-state index in [0.29, 0.717) is 15.1 Å². The van der Waals surface area contributed by atoms with Crippen molar-refractivity contribution < 1.29 is 4.79 Å². The molecule has 0 saturated carbocycles. The number of amidine groups is 1. The lowest BCUT2D eigenvalue weighted by atomic mass is 10.1. The summed E-state index contributed by atoms with van der Waals surface area (Å²) < 4.78 is 0. The number of nitrogens with one attached hydrogen (secondary N) is 1. The number of rotatable bonds is 2. The molecular weight excluding hydrogens is 316 g/mol. The average molecular weight is 329 g/mol. The Morgan fingerprint density at radius 1 is 1.14 bits per heavy atom. The van der Waals surface area contributed by atoms with E-state index in [1.165, 1.54) is 11.8 Å². The Morgan fingerprint density at radius 3 is 2.59 bits per heavy atom. The minimum absolute atomic E-state index is 0.124. The van der Waals surface area contributed by atoms with Gasteiger partial charge in [-0.25, -0.2) is 4.99 Å². The van der Waals surface area contributed by atoms with Crippen molar-refractivity contribution in [2.45, 2.75) is 6.92 Å². The van der Waals surface area contributed by atoms with Gasteiger partial charge >= 0.3 is 0 Å². The maximum absolute atomic E-state index is 12.0. The number of carbonyl (C=O) groups excluding carboxylic acids is 1. The lowest BCUT2D eigenvalue weighted by Gasteiger charge is -1.99. The topological polar surface area (TPSA) is 41.5 Å². The van der Waals surface area contributed by atoms with Gasteiger partial charge in [-0.3, -0.25) is 4.79 Å². The normalized spacial score (nSPS) is 18.0. The Hall–Kier alpha value is -2.04. The van der Waals surface area contributed by atoms with Crippen molar-refractivity contribution in [2.24, 2.45) is 4.99 Å². The number of aliphatic imine (C=N–C) groups is 1. The summed E-state index contributed by atoms with van der Waals surface area (Å²) in [6.07, 6.45) is 1.89. The number of benzene rings is 2. The maximum atomic E-state index is 12.0. The number of nitrogens with zero attached hydrogens (tertiary/aromatic N) is 1. The van der Waals surface area contributed by atoms with Crippen molar-refractivity contribution in [2.75, 3.05) is 0 Å². The van der Waals surface area contributed by atoms with Crippen LogP contribution in [0.4, 0.5) is 5.69 Å². The lowest BCUT2D eigenvalue weighted by molar-refractivity contribution is -0.115. The van der Waals surface area contributed by atoms with Crippen LogP contribution in [0, 0.1) is 6.92 Å². The number of aryl methyl sites for hydroxylation is 1. The van der Waals surface area contributed by atoms with Crippen molar-refractivity contribution in [1.29, 1.82) is 0 Å². The molecule has 3 rings (SSSR count). The first kappa shape index (κ1) is 14.9. The highest BCUT2D eigenvalue weighted by molar-refractivity contribution is 8.18. The Kier molecular flexibility index (Phi) is 4.32. The molecule has 1 amide bonds. The van der Waals surface area contributed by atoms with Crippen LogP contribution in [0.5, 0.6) is 0 Å². The van der Waals surface area contributed by atoms with Gasteiger partial charge < -0.3 is 5.32 Å². The van der Waals surface area contributed by atoms with E-state index in [4.69, 9.17) is 11.6 Å². The predicted molar refractivity (Wildman–Crippen MR) is 93.4 cm³/mol. The van der Waals surface area contributed by atoms with Crippen LogP contribution < -0.4 is 5.32 Å². The van der Waals surface area contributed by atoms with Crippen molar-refractivity contribution in [3.8, 4) is 0 Å². The quantitative estimate of drug-likeness (QED) is 0.822. The van der Waals surface area contributed by atoms with Gasteiger partial charge in [-0.2, -0.15) is 0 Å². The number of carbonyl (C=O) groups is 1. The van der Waals surface area contributed by atoms with Gasteiger partial charge in [-0.15, -0.1) is 0 Å². The van der Waals surface area contributed by atoms with Crippen LogP contribution in [0.3, 0.4) is 0 Å². The van der Waals surface area contributed by atoms with E-state index in [9.17, 15) is 4.79 Å². The molecule has 22 heavy (non-hydrogen) atoms. The van der Waals surface area contributed by atoms with Crippen LogP contribution in [-0.4, -0.2) is 11.1 Å². The molecule has 0 spiro atoms. The predicted octanol–water partition coefficient (Wildman–Crippen LogP) is 4.54. The van der Waals surface area contributed by atoms with E-state index in [1.54, 1.807) is 12.1 Å². The van der Waals surface area contributed by atoms with Crippen LogP contribution in [0.1, 0.15) is 11.1 Å². The number of hydrogen-bond donors (Lipinski definition) is 1. The zero-order chi connectivity index (χ0) is 15.5. The van der Waals surface area contributed by atoms with Gasteiger partial charge in [0.25, 0.3) is 5.91 Å². The highest BCUT2D eigenvalue weighted by Crippen LogP contribution is 2.28. The highest BCUT2D eigenvalue weighted by atomic mass is 35.5. The fourth-order valence-corrected chi connectivity index (χ4v) is 2.96. The standard InChI is InChI=1S/C17H13ClN2OS/c1-11-4-2-3-5-12(11)10-15-16(21)20-17(22-15)19-14-8-6-13(18)7-9-14/h2-10H,1H3,(H,19,20,21). The Bertz CT molecular complexity index is 782. The SMILES string of the molecule is Cc1ccccc1C=C1SC(=Nc2ccc(Cl)cc2)NC1=O. The third-order valence-electron chi connectivity index (χ3n) is 3.18. The molecule has 1 fully saturated rings. The van der Waals surface area contributed by atoms with Crippen LogP contribution in [0.25, 0.3) is 6.08 Å². The molecule has 1 aliphatic rings.